The summed E-state index contributed by atoms with van der Waals surface area (Å²) in [6.07, 6.45) is 3.89. The van der Waals surface area contributed by atoms with Gasteiger partial charge in [-0.05, 0) is 31.8 Å². The smallest absolute Gasteiger partial charge is 0.276 e. The molecule has 1 aliphatic rings. The molecule has 0 spiro atoms. The van der Waals surface area contributed by atoms with Crippen molar-refractivity contribution in [2.75, 3.05) is 31.5 Å². The highest BCUT2D eigenvalue weighted by Crippen LogP contribution is 2.20. The zero-order valence-electron chi connectivity index (χ0n) is 12.2. The molecule has 21 heavy (non-hydrogen) atoms. The van der Waals surface area contributed by atoms with Crippen LogP contribution in [-0.2, 0) is 0 Å². The lowest BCUT2D eigenvalue weighted by atomic mass is 10.1. The number of nitro groups is 1. The Morgan fingerprint density at radius 1 is 1.43 bits per heavy atom. The second-order valence-corrected chi connectivity index (χ2v) is 6.03. The Kier molecular flexibility index (Phi) is 5.76. The van der Waals surface area contributed by atoms with E-state index >= 15 is 0 Å². The molecule has 1 aromatic heterocycles. The lowest BCUT2D eigenvalue weighted by Gasteiger charge is -2.29. The van der Waals surface area contributed by atoms with Crippen LogP contribution in [0.5, 0.6) is 0 Å². The molecule has 0 aromatic carbocycles. The van der Waals surface area contributed by atoms with Crippen LogP contribution in [0.15, 0.2) is 12.1 Å². The maximum atomic E-state index is 10.8. The van der Waals surface area contributed by atoms with Crippen LogP contribution in [0.4, 0.5) is 11.5 Å². The predicted molar refractivity (Wildman–Crippen MR) is 83.8 cm³/mol. The molecular formula is C14H21ClN4O2. The van der Waals surface area contributed by atoms with E-state index in [1.165, 1.54) is 44.5 Å². The van der Waals surface area contributed by atoms with Gasteiger partial charge < -0.3 is 10.2 Å². The van der Waals surface area contributed by atoms with Crippen molar-refractivity contribution in [3.05, 3.63) is 27.4 Å². The summed E-state index contributed by atoms with van der Waals surface area (Å²) < 4.78 is 0. The first-order valence-electron chi connectivity index (χ1n) is 7.33. The van der Waals surface area contributed by atoms with Gasteiger partial charge >= 0.3 is 0 Å². The fourth-order valence-corrected chi connectivity index (χ4v) is 2.81. The number of hydrogen-bond acceptors (Lipinski definition) is 5. The number of nitrogens with zero attached hydrogens (tertiary/aromatic N) is 3. The zero-order chi connectivity index (χ0) is 15.2. The summed E-state index contributed by atoms with van der Waals surface area (Å²) in [6.45, 7) is 6.27. The minimum absolute atomic E-state index is 0.0406. The molecule has 1 aromatic rings. The molecule has 116 valence electrons. The first-order valence-corrected chi connectivity index (χ1v) is 7.70. The maximum absolute atomic E-state index is 10.8. The summed E-state index contributed by atoms with van der Waals surface area (Å²) in [5, 5.41) is 14.1. The van der Waals surface area contributed by atoms with Crippen LogP contribution < -0.4 is 5.32 Å². The van der Waals surface area contributed by atoms with E-state index in [9.17, 15) is 10.1 Å². The van der Waals surface area contributed by atoms with Crippen molar-refractivity contribution in [3.63, 3.8) is 0 Å². The highest BCUT2D eigenvalue weighted by molar-refractivity contribution is 6.29. The zero-order valence-corrected chi connectivity index (χ0v) is 13.0. The summed E-state index contributed by atoms with van der Waals surface area (Å²) in [5.74, 6) is 0.905. The highest BCUT2D eigenvalue weighted by atomic mass is 35.5. The van der Waals surface area contributed by atoms with Gasteiger partial charge in [-0.3, -0.25) is 10.1 Å². The van der Waals surface area contributed by atoms with Gasteiger partial charge in [0.05, 0.1) is 17.1 Å². The quantitative estimate of drug-likeness (QED) is 0.496. The molecule has 1 atom stereocenters. The van der Waals surface area contributed by atoms with E-state index in [4.69, 9.17) is 11.6 Å². The maximum Gasteiger partial charge on any atom is 0.276 e. The Labute approximate surface area is 129 Å². The van der Waals surface area contributed by atoms with Gasteiger partial charge in [0.1, 0.15) is 11.0 Å². The van der Waals surface area contributed by atoms with Gasteiger partial charge in [0.2, 0.25) is 0 Å². The second-order valence-electron chi connectivity index (χ2n) is 5.64. The number of halogens is 1. The average molecular weight is 313 g/mol. The van der Waals surface area contributed by atoms with E-state index in [0.717, 1.165) is 13.1 Å². The number of anilines is 1. The molecular weight excluding hydrogens is 292 g/mol. The topological polar surface area (TPSA) is 71.3 Å². The Balaban J connectivity index is 1.85. The third-order valence-corrected chi connectivity index (χ3v) is 3.83. The standard InChI is InChI=1S/C14H21ClN4O2/c1-11(10-18-5-3-2-4-6-18)9-16-14-8-12(19(20)21)7-13(15)17-14/h7-8,11H,2-6,9-10H2,1H3,(H,16,17). The van der Waals surface area contributed by atoms with Crippen LogP contribution >= 0.6 is 11.6 Å². The first-order chi connectivity index (χ1) is 10.0. The van der Waals surface area contributed by atoms with Gasteiger partial charge in [-0.25, -0.2) is 4.98 Å². The van der Waals surface area contributed by atoms with Crippen molar-refractivity contribution in [2.45, 2.75) is 26.2 Å². The minimum atomic E-state index is -0.462. The molecule has 0 aliphatic carbocycles. The van der Waals surface area contributed by atoms with Gasteiger partial charge in [-0.1, -0.05) is 24.9 Å². The number of aromatic nitrogens is 1. The third kappa shape index (κ3) is 5.13. The largest absolute Gasteiger partial charge is 0.369 e. The van der Waals surface area contributed by atoms with Crippen LogP contribution in [0.25, 0.3) is 0 Å². The molecule has 0 radical (unpaired) electrons. The Morgan fingerprint density at radius 2 is 2.14 bits per heavy atom. The van der Waals surface area contributed by atoms with E-state index in [1.807, 2.05) is 0 Å². The molecule has 0 amide bonds. The van der Waals surface area contributed by atoms with Crippen LogP contribution in [0.2, 0.25) is 5.15 Å². The molecule has 2 heterocycles. The molecule has 0 bridgehead atoms. The predicted octanol–water partition coefficient (Wildman–Crippen LogP) is 3.18. The molecule has 1 fully saturated rings. The van der Waals surface area contributed by atoms with Gasteiger partial charge in [-0.2, -0.15) is 0 Å². The number of pyridine rings is 1. The van der Waals surface area contributed by atoms with E-state index in [1.54, 1.807) is 0 Å². The molecule has 1 N–H and O–H groups in total. The van der Waals surface area contributed by atoms with Gasteiger partial charge in [0.25, 0.3) is 5.69 Å². The van der Waals surface area contributed by atoms with Crippen LogP contribution in [0, 0.1) is 16.0 Å². The summed E-state index contributed by atoms with van der Waals surface area (Å²) in [6, 6.07) is 2.67. The summed E-state index contributed by atoms with van der Waals surface area (Å²) in [7, 11) is 0. The Hall–Kier alpha value is -1.40. The number of nitrogens with one attached hydrogen (secondary N) is 1. The van der Waals surface area contributed by atoms with Crippen LogP contribution in [0.3, 0.4) is 0 Å². The third-order valence-electron chi connectivity index (χ3n) is 3.64. The van der Waals surface area contributed by atoms with Gasteiger partial charge in [-0.15, -0.1) is 0 Å². The van der Waals surface area contributed by atoms with E-state index in [-0.39, 0.29) is 10.8 Å². The Bertz CT molecular complexity index is 492. The number of rotatable bonds is 6. The normalized spacial score (nSPS) is 17.4. The lowest BCUT2D eigenvalue weighted by Crippen LogP contribution is -2.35. The number of likely N-dealkylation sites (tertiary alicyclic amines) is 1. The highest BCUT2D eigenvalue weighted by Gasteiger charge is 2.14. The average Bonchev–Trinajstić information content (AvgIpc) is 2.45. The van der Waals surface area contributed by atoms with E-state index in [0.29, 0.717) is 11.7 Å². The lowest BCUT2D eigenvalue weighted by molar-refractivity contribution is -0.384. The fourth-order valence-electron chi connectivity index (χ4n) is 2.61. The SMILES string of the molecule is CC(CNc1cc([N+](=O)[O-])cc(Cl)n1)CN1CCCCC1. The summed E-state index contributed by atoms with van der Waals surface area (Å²) in [4.78, 5) is 16.9. The van der Waals surface area contributed by atoms with Crippen molar-refractivity contribution in [2.24, 2.45) is 5.92 Å². The van der Waals surface area contributed by atoms with Crippen LogP contribution in [-0.4, -0.2) is 41.0 Å². The second kappa shape index (κ2) is 7.56. The monoisotopic (exact) mass is 312 g/mol. The molecule has 6 nitrogen and oxygen atoms in total. The number of piperidine rings is 1. The molecule has 1 unspecified atom stereocenters. The van der Waals surface area contributed by atoms with Crippen molar-refractivity contribution < 1.29 is 4.92 Å². The fraction of sp³-hybridized carbons (Fsp3) is 0.643. The number of hydrogen-bond donors (Lipinski definition) is 1. The molecule has 7 heteroatoms. The van der Waals surface area contributed by atoms with Crippen molar-refractivity contribution in [1.29, 1.82) is 0 Å². The van der Waals surface area contributed by atoms with Gasteiger partial charge in [0, 0.05) is 13.1 Å². The minimum Gasteiger partial charge on any atom is -0.369 e. The summed E-state index contributed by atoms with van der Waals surface area (Å²) >= 11 is 5.80. The molecule has 0 saturated carbocycles. The van der Waals surface area contributed by atoms with Crippen molar-refractivity contribution in [1.82, 2.24) is 9.88 Å². The Morgan fingerprint density at radius 3 is 2.81 bits per heavy atom. The van der Waals surface area contributed by atoms with E-state index < -0.39 is 4.92 Å². The van der Waals surface area contributed by atoms with Crippen molar-refractivity contribution >= 4 is 23.1 Å². The van der Waals surface area contributed by atoms with Crippen molar-refractivity contribution in [3.8, 4) is 0 Å². The van der Waals surface area contributed by atoms with Gasteiger partial charge in [0.15, 0.2) is 0 Å². The molecule has 1 saturated heterocycles. The first kappa shape index (κ1) is 16.0. The molecule has 1 aliphatic heterocycles. The molecule has 2 rings (SSSR count). The summed E-state index contributed by atoms with van der Waals surface area (Å²) in [5.41, 5.74) is -0.0406. The van der Waals surface area contributed by atoms with Crippen LogP contribution in [0.1, 0.15) is 26.2 Å². The van der Waals surface area contributed by atoms with E-state index in [2.05, 4.69) is 22.1 Å².